The summed E-state index contributed by atoms with van der Waals surface area (Å²) in [5.41, 5.74) is 0.638. The maximum atomic E-state index is 12.1. The number of rotatable bonds is 5. The molecule has 0 bridgehead atoms. The van der Waals surface area contributed by atoms with Crippen molar-refractivity contribution in [2.24, 2.45) is 0 Å². The fourth-order valence-corrected chi connectivity index (χ4v) is 4.04. The summed E-state index contributed by atoms with van der Waals surface area (Å²) in [6.45, 7) is 0. The largest absolute Gasteiger partial charge is 0.353 e. The van der Waals surface area contributed by atoms with Crippen LogP contribution in [0.15, 0.2) is 23.4 Å². The Hall–Kier alpha value is -1.44. The SMILES string of the molecule is Nn1c(SCC(=O)NC2CCCCC2)nnc1-c1ccc(Cl)cc1Cl. The van der Waals surface area contributed by atoms with Crippen LogP contribution in [0.1, 0.15) is 32.1 Å². The lowest BCUT2D eigenvalue weighted by molar-refractivity contribution is -0.119. The molecule has 1 aromatic carbocycles. The van der Waals surface area contributed by atoms with E-state index in [1.807, 2.05) is 0 Å². The van der Waals surface area contributed by atoms with Crippen molar-refractivity contribution in [2.45, 2.75) is 43.3 Å². The van der Waals surface area contributed by atoms with Gasteiger partial charge >= 0.3 is 0 Å². The highest BCUT2D eigenvalue weighted by Crippen LogP contribution is 2.30. The molecule has 1 aromatic heterocycles. The highest BCUT2D eigenvalue weighted by Gasteiger charge is 2.18. The average molecular weight is 400 g/mol. The molecule has 3 N–H and O–H groups in total. The number of nitrogens with two attached hydrogens (primary N) is 1. The number of halogens is 2. The smallest absolute Gasteiger partial charge is 0.230 e. The van der Waals surface area contributed by atoms with Gasteiger partial charge in [0, 0.05) is 16.6 Å². The second-order valence-electron chi connectivity index (χ2n) is 5.99. The van der Waals surface area contributed by atoms with Crippen LogP contribution in [0.5, 0.6) is 0 Å². The molecule has 1 fully saturated rings. The number of amides is 1. The molecular weight excluding hydrogens is 381 g/mol. The summed E-state index contributed by atoms with van der Waals surface area (Å²) >= 11 is 13.3. The summed E-state index contributed by atoms with van der Waals surface area (Å²) in [7, 11) is 0. The molecule has 0 radical (unpaired) electrons. The Morgan fingerprint density at radius 1 is 1.28 bits per heavy atom. The molecule has 1 aliphatic carbocycles. The zero-order valence-electron chi connectivity index (χ0n) is 13.5. The molecule has 0 saturated heterocycles. The molecule has 0 spiro atoms. The van der Waals surface area contributed by atoms with Crippen LogP contribution in [0.2, 0.25) is 10.0 Å². The van der Waals surface area contributed by atoms with E-state index in [0.717, 1.165) is 12.8 Å². The molecule has 1 aliphatic rings. The minimum Gasteiger partial charge on any atom is -0.353 e. The number of carbonyl (C=O) groups excluding carboxylic acids is 1. The Labute approximate surface area is 160 Å². The summed E-state index contributed by atoms with van der Waals surface area (Å²) in [6, 6.07) is 5.36. The van der Waals surface area contributed by atoms with Crippen LogP contribution in [-0.4, -0.2) is 32.6 Å². The molecule has 1 amide bonds. The summed E-state index contributed by atoms with van der Waals surface area (Å²) in [5, 5.41) is 12.6. The quantitative estimate of drug-likeness (QED) is 0.593. The number of nitrogen functional groups attached to an aromatic ring is 1. The monoisotopic (exact) mass is 399 g/mol. The Kier molecular flexibility index (Phi) is 6.09. The van der Waals surface area contributed by atoms with Gasteiger partial charge in [-0.05, 0) is 31.0 Å². The van der Waals surface area contributed by atoms with Gasteiger partial charge in [0.1, 0.15) is 0 Å². The van der Waals surface area contributed by atoms with Crippen LogP contribution in [0.3, 0.4) is 0 Å². The normalized spacial score (nSPS) is 15.3. The highest BCUT2D eigenvalue weighted by atomic mass is 35.5. The summed E-state index contributed by atoms with van der Waals surface area (Å²) in [5.74, 6) is 6.73. The van der Waals surface area contributed by atoms with Gasteiger partial charge in [0.15, 0.2) is 5.82 Å². The van der Waals surface area contributed by atoms with E-state index >= 15 is 0 Å². The summed E-state index contributed by atoms with van der Waals surface area (Å²) in [6.07, 6.45) is 5.74. The lowest BCUT2D eigenvalue weighted by Crippen LogP contribution is -2.37. The number of thioether (sulfide) groups is 1. The molecule has 1 heterocycles. The first-order chi connectivity index (χ1) is 12.0. The van der Waals surface area contributed by atoms with Crippen molar-refractivity contribution in [3.05, 3.63) is 28.2 Å². The number of aromatic nitrogens is 3. The van der Waals surface area contributed by atoms with Crippen LogP contribution in [0.25, 0.3) is 11.4 Å². The van der Waals surface area contributed by atoms with Gasteiger partial charge in [-0.3, -0.25) is 4.79 Å². The number of nitrogens with zero attached hydrogens (tertiary/aromatic N) is 3. The molecule has 25 heavy (non-hydrogen) atoms. The van der Waals surface area contributed by atoms with Gasteiger partial charge in [0.25, 0.3) is 0 Å². The van der Waals surface area contributed by atoms with Crippen molar-refractivity contribution in [3.8, 4) is 11.4 Å². The summed E-state index contributed by atoms with van der Waals surface area (Å²) < 4.78 is 1.34. The Morgan fingerprint density at radius 2 is 2.04 bits per heavy atom. The van der Waals surface area contributed by atoms with Crippen LogP contribution < -0.4 is 11.2 Å². The highest BCUT2D eigenvalue weighted by molar-refractivity contribution is 7.99. The van der Waals surface area contributed by atoms with E-state index in [-0.39, 0.29) is 11.7 Å². The van der Waals surface area contributed by atoms with E-state index in [1.165, 1.54) is 35.7 Å². The molecule has 3 rings (SSSR count). The van der Waals surface area contributed by atoms with Gasteiger partial charge in [0.2, 0.25) is 11.1 Å². The van der Waals surface area contributed by atoms with E-state index in [0.29, 0.717) is 32.6 Å². The van der Waals surface area contributed by atoms with Crippen molar-refractivity contribution in [2.75, 3.05) is 11.6 Å². The first-order valence-corrected chi connectivity index (χ1v) is 9.87. The van der Waals surface area contributed by atoms with Crippen molar-refractivity contribution in [1.82, 2.24) is 20.2 Å². The second kappa shape index (κ2) is 8.29. The van der Waals surface area contributed by atoms with Crippen LogP contribution in [-0.2, 0) is 4.79 Å². The second-order valence-corrected chi connectivity index (χ2v) is 7.78. The van der Waals surface area contributed by atoms with Crippen molar-refractivity contribution >= 4 is 40.9 Å². The van der Waals surface area contributed by atoms with Crippen molar-refractivity contribution in [1.29, 1.82) is 0 Å². The number of carbonyl (C=O) groups is 1. The fraction of sp³-hybridized carbons (Fsp3) is 0.438. The first kappa shape index (κ1) is 18.4. The molecular formula is C16H19Cl2N5OS. The lowest BCUT2D eigenvalue weighted by Gasteiger charge is -2.22. The Balaban J connectivity index is 1.62. The maximum absolute atomic E-state index is 12.1. The number of hydrogen-bond acceptors (Lipinski definition) is 5. The van der Waals surface area contributed by atoms with Gasteiger partial charge in [-0.2, -0.15) is 0 Å². The maximum Gasteiger partial charge on any atom is 0.230 e. The zero-order valence-corrected chi connectivity index (χ0v) is 15.9. The third-order valence-corrected chi connectivity index (χ3v) is 5.63. The predicted molar refractivity (Wildman–Crippen MR) is 101 cm³/mol. The van der Waals surface area contributed by atoms with Crippen molar-refractivity contribution in [3.63, 3.8) is 0 Å². The molecule has 0 unspecified atom stereocenters. The molecule has 9 heteroatoms. The van der Waals surface area contributed by atoms with E-state index in [1.54, 1.807) is 18.2 Å². The van der Waals surface area contributed by atoms with Gasteiger partial charge in [-0.15, -0.1) is 10.2 Å². The molecule has 6 nitrogen and oxygen atoms in total. The van der Waals surface area contributed by atoms with Crippen LogP contribution in [0, 0.1) is 0 Å². The molecule has 0 atom stereocenters. The van der Waals surface area contributed by atoms with Gasteiger partial charge in [-0.1, -0.05) is 54.2 Å². The molecule has 2 aromatic rings. The number of hydrogen-bond donors (Lipinski definition) is 2. The van der Waals surface area contributed by atoms with Gasteiger partial charge < -0.3 is 11.2 Å². The summed E-state index contributed by atoms with van der Waals surface area (Å²) in [4.78, 5) is 12.1. The van der Waals surface area contributed by atoms with Crippen LogP contribution in [0.4, 0.5) is 0 Å². The first-order valence-electron chi connectivity index (χ1n) is 8.12. The van der Waals surface area contributed by atoms with E-state index < -0.39 is 0 Å². The Morgan fingerprint density at radius 3 is 2.76 bits per heavy atom. The van der Waals surface area contributed by atoms with Crippen LogP contribution >= 0.6 is 35.0 Å². The van der Waals surface area contributed by atoms with E-state index in [4.69, 9.17) is 29.0 Å². The zero-order chi connectivity index (χ0) is 17.8. The van der Waals surface area contributed by atoms with E-state index in [2.05, 4.69) is 15.5 Å². The van der Waals surface area contributed by atoms with Gasteiger partial charge in [0.05, 0.1) is 10.8 Å². The number of nitrogens with one attached hydrogen (secondary N) is 1. The van der Waals surface area contributed by atoms with Gasteiger partial charge in [-0.25, -0.2) is 4.68 Å². The fourth-order valence-electron chi connectivity index (χ4n) is 2.88. The molecule has 0 aliphatic heterocycles. The third kappa shape index (κ3) is 4.59. The van der Waals surface area contributed by atoms with E-state index in [9.17, 15) is 4.79 Å². The predicted octanol–water partition coefficient (Wildman–Crippen LogP) is 3.51. The Bertz CT molecular complexity index is 761. The molecule has 134 valence electrons. The average Bonchev–Trinajstić information content (AvgIpc) is 2.95. The van der Waals surface area contributed by atoms with Crippen molar-refractivity contribution < 1.29 is 4.79 Å². The topological polar surface area (TPSA) is 85.8 Å². The third-order valence-electron chi connectivity index (χ3n) is 4.14. The number of benzene rings is 1. The molecule has 1 saturated carbocycles. The minimum atomic E-state index is -0.00836. The standard InChI is InChI=1S/C16H19Cl2N5OS/c17-10-6-7-12(13(18)8-10)15-21-22-16(23(15)19)25-9-14(24)20-11-4-2-1-3-5-11/h6-8,11H,1-5,9,19H2,(H,20,24). The minimum absolute atomic E-state index is 0.00836. The lowest BCUT2D eigenvalue weighted by atomic mass is 9.95.